The van der Waals surface area contributed by atoms with Crippen LogP contribution in [-0.4, -0.2) is 38.8 Å². The summed E-state index contributed by atoms with van der Waals surface area (Å²) in [6.45, 7) is 6.43. The number of hydrogen-bond donors (Lipinski definition) is 2. The van der Waals surface area contributed by atoms with Crippen molar-refractivity contribution in [3.63, 3.8) is 0 Å². The van der Waals surface area contributed by atoms with Gasteiger partial charge in [-0.2, -0.15) is 0 Å². The standard InChI is InChI=1S/C14H30N2O2.2H2/c1-13(2)15-10-8-6-4-5-7-9-11-16-14(17)12-18-3;;/h13,15H,4-12H2,1-3H3,(H,16,17);2*1H. The number of rotatable bonds is 12. The summed E-state index contributed by atoms with van der Waals surface area (Å²) in [5, 5.41) is 6.26. The second kappa shape index (κ2) is 12.8. The summed E-state index contributed by atoms with van der Waals surface area (Å²) in [7, 11) is 1.54. The third-order valence-corrected chi connectivity index (χ3v) is 2.75. The van der Waals surface area contributed by atoms with E-state index in [-0.39, 0.29) is 15.4 Å². The monoisotopic (exact) mass is 262 g/mol. The third kappa shape index (κ3) is 13.5. The van der Waals surface area contributed by atoms with Crippen molar-refractivity contribution in [3.8, 4) is 0 Å². The molecule has 0 aromatic rings. The second-order valence-corrected chi connectivity index (χ2v) is 5.01. The lowest BCUT2D eigenvalue weighted by molar-refractivity contribution is -0.124. The van der Waals surface area contributed by atoms with Crippen molar-refractivity contribution in [2.75, 3.05) is 26.8 Å². The Morgan fingerprint density at radius 1 is 1.06 bits per heavy atom. The molecule has 0 rings (SSSR count). The predicted molar refractivity (Wildman–Crippen MR) is 80.0 cm³/mol. The fourth-order valence-corrected chi connectivity index (χ4v) is 1.76. The van der Waals surface area contributed by atoms with Crippen LogP contribution in [0.4, 0.5) is 0 Å². The highest BCUT2D eigenvalue weighted by Crippen LogP contribution is 2.04. The van der Waals surface area contributed by atoms with Crippen LogP contribution in [0.3, 0.4) is 0 Å². The van der Waals surface area contributed by atoms with E-state index in [0.29, 0.717) is 6.04 Å². The van der Waals surface area contributed by atoms with Crippen LogP contribution < -0.4 is 10.6 Å². The Bertz CT molecular complexity index is 206. The highest BCUT2D eigenvalue weighted by Gasteiger charge is 1.98. The molecule has 112 valence electrons. The summed E-state index contributed by atoms with van der Waals surface area (Å²) in [6.07, 6.45) is 7.40. The Balaban J connectivity index is -0.00000144. The van der Waals surface area contributed by atoms with Gasteiger partial charge in [-0.05, 0) is 19.4 Å². The van der Waals surface area contributed by atoms with Crippen molar-refractivity contribution in [3.05, 3.63) is 0 Å². The van der Waals surface area contributed by atoms with Crippen molar-refractivity contribution in [1.82, 2.24) is 10.6 Å². The van der Waals surface area contributed by atoms with Crippen LogP contribution in [0.15, 0.2) is 0 Å². The fraction of sp³-hybridized carbons (Fsp3) is 0.929. The number of amides is 1. The van der Waals surface area contributed by atoms with Gasteiger partial charge in [0, 0.05) is 22.5 Å². The summed E-state index contributed by atoms with van der Waals surface area (Å²) in [5.74, 6) is -0.0164. The van der Waals surface area contributed by atoms with Crippen molar-refractivity contribution in [1.29, 1.82) is 0 Å². The summed E-state index contributed by atoms with van der Waals surface area (Å²) in [4.78, 5) is 11.1. The summed E-state index contributed by atoms with van der Waals surface area (Å²) in [5.41, 5.74) is 0. The lowest BCUT2D eigenvalue weighted by Crippen LogP contribution is -2.27. The first-order chi connectivity index (χ1) is 8.66. The summed E-state index contributed by atoms with van der Waals surface area (Å²) < 4.78 is 4.74. The zero-order valence-corrected chi connectivity index (χ0v) is 12.3. The number of nitrogens with one attached hydrogen (secondary N) is 2. The molecule has 0 aliphatic carbocycles. The average Bonchev–Trinajstić information content (AvgIpc) is 2.31. The minimum Gasteiger partial charge on any atom is -0.375 e. The molecular weight excluding hydrogens is 228 g/mol. The van der Waals surface area contributed by atoms with Gasteiger partial charge in [-0.3, -0.25) is 4.79 Å². The van der Waals surface area contributed by atoms with Gasteiger partial charge < -0.3 is 15.4 Å². The maximum absolute atomic E-state index is 11.1. The van der Waals surface area contributed by atoms with Crippen molar-refractivity contribution >= 4 is 5.91 Å². The zero-order valence-electron chi connectivity index (χ0n) is 12.3. The van der Waals surface area contributed by atoms with Crippen LogP contribution in [0.1, 0.15) is 55.2 Å². The molecule has 0 aromatic carbocycles. The van der Waals surface area contributed by atoms with Gasteiger partial charge in [-0.25, -0.2) is 0 Å². The Morgan fingerprint density at radius 3 is 2.17 bits per heavy atom. The van der Waals surface area contributed by atoms with Crippen LogP contribution in [0.5, 0.6) is 0 Å². The van der Waals surface area contributed by atoms with Crippen LogP contribution in [0.25, 0.3) is 0 Å². The molecule has 4 nitrogen and oxygen atoms in total. The fourth-order valence-electron chi connectivity index (χ4n) is 1.76. The molecule has 0 atom stereocenters. The predicted octanol–water partition coefficient (Wildman–Crippen LogP) is 2.58. The molecule has 0 spiro atoms. The molecule has 1 amide bonds. The second-order valence-electron chi connectivity index (χ2n) is 5.01. The van der Waals surface area contributed by atoms with Gasteiger partial charge in [0.15, 0.2) is 0 Å². The first-order valence-electron chi connectivity index (χ1n) is 7.16. The van der Waals surface area contributed by atoms with E-state index in [1.807, 2.05) is 0 Å². The molecule has 0 aliphatic heterocycles. The Kier molecular flexibility index (Phi) is 12.4. The molecule has 2 N–H and O–H groups in total. The van der Waals surface area contributed by atoms with Crippen molar-refractivity contribution in [2.45, 2.75) is 58.4 Å². The quantitative estimate of drug-likeness (QED) is 0.532. The molecule has 0 saturated carbocycles. The number of ether oxygens (including phenoxy) is 1. The van der Waals surface area contributed by atoms with E-state index in [4.69, 9.17) is 4.74 Å². The molecule has 0 bridgehead atoms. The highest BCUT2D eigenvalue weighted by molar-refractivity contribution is 5.77. The molecule has 0 aromatic heterocycles. The molecule has 0 aliphatic rings. The molecule has 0 unspecified atom stereocenters. The van der Waals surface area contributed by atoms with E-state index in [2.05, 4.69) is 24.5 Å². The number of carbonyl (C=O) groups excluding carboxylic acids is 1. The molecule has 4 heteroatoms. The van der Waals surface area contributed by atoms with Gasteiger partial charge in [0.25, 0.3) is 0 Å². The Hall–Kier alpha value is -0.610. The maximum atomic E-state index is 11.1. The average molecular weight is 262 g/mol. The number of carbonyl (C=O) groups is 1. The van der Waals surface area contributed by atoms with E-state index in [9.17, 15) is 4.79 Å². The van der Waals surface area contributed by atoms with Crippen molar-refractivity contribution in [2.24, 2.45) is 0 Å². The smallest absolute Gasteiger partial charge is 0.245 e. The zero-order chi connectivity index (χ0) is 13.6. The molecule has 0 heterocycles. The van der Waals surface area contributed by atoms with Crippen molar-refractivity contribution < 1.29 is 12.4 Å². The summed E-state index contributed by atoms with van der Waals surface area (Å²) in [6, 6.07) is 0.598. The molecule has 0 saturated heterocycles. The highest BCUT2D eigenvalue weighted by atomic mass is 16.5. The van der Waals surface area contributed by atoms with Crippen LogP contribution in [-0.2, 0) is 9.53 Å². The van der Waals surface area contributed by atoms with E-state index >= 15 is 0 Å². The van der Waals surface area contributed by atoms with Gasteiger partial charge in [0.2, 0.25) is 5.91 Å². The van der Waals surface area contributed by atoms with Gasteiger partial charge in [0.05, 0.1) is 0 Å². The number of hydrogen-bond acceptors (Lipinski definition) is 3. The van der Waals surface area contributed by atoms with Gasteiger partial charge >= 0.3 is 0 Å². The Morgan fingerprint density at radius 2 is 1.61 bits per heavy atom. The lowest BCUT2D eigenvalue weighted by Gasteiger charge is -2.07. The van der Waals surface area contributed by atoms with E-state index < -0.39 is 0 Å². The minimum absolute atomic E-state index is 0. The maximum Gasteiger partial charge on any atom is 0.245 e. The molecule has 0 fully saturated rings. The van der Waals surface area contributed by atoms with Gasteiger partial charge in [-0.15, -0.1) is 0 Å². The largest absolute Gasteiger partial charge is 0.375 e. The van der Waals surface area contributed by atoms with E-state index in [1.165, 1.54) is 39.2 Å². The third-order valence-electron chi connectivity index (χ3n) is 2.75. The first-order valence-corrected chi connectivity index (χ1v) is 7.16. The number of unbranched alkanes of at least 4 members (excludes halogenated alkanes) is 5. The molecule has 0 radical (unpaired) electrons. The van der Waals surface area contributed by atoms with Crippen LogP contribution in [0, 0.1) is 0 Å². The van der Waals surface area contributed by atoms with Gasteiger partial charge in [-0.1, -0.05) is 39.5 Å². The summed E-state index contributed by atoms with van der Waals surface area (Å²) >= 11 is 0. The topological polar surface area (TPSA) is 50.4 Å². The Labute approximate surface area is 115 Å². The minimum atomic E-state index is -0.0164. The van der Waals surface area contributed by atoms with Gasteiger partial charge in [0.1, 0.15) is 6.61 Å². The van der Waals surface area contributed by atoms with Crippen LogP contribution in [0.2, 0.25) is 0 Å². The van der Waals surface area contributed by atoms with E-state index in [0.717, 1.165) is 19.5 Å². The normalized spacial score (nSPS) is 10.9. The molecule has 18 heavy (non-hydrogen) atoms. The lowest BCUT2D eigenvalue weighted by atomic mass is 10.1. The van der Waals surface area contributed by atoms with E-state index in [1.54, 1.807) is 0 Å². The first kappa shape index (κ1) is 17.4. The SMILES string of the molecule is COCC(=O)NCCCCCCCCNC(C)C.[HH].[HH]. The molecular formula is C14H34N2O2. The van der Waals surface area contributed by atoms with Crippen LogP contribution >= 0.6 is 0 Å². The number of methoxy groups -OCH3 is 1.